The molecule has 0 N–H and O–H groups in total. The molecule has 0 saturated heterocycles. The Morgan fingerprint density at radius 3 is 2.45 bits per heavy atom. The summed E-state index contributed by atoms with van der Waals surface area (Å²) in [6.07, 6.45) is 16.3. The Balaban J connectivity index is 1.81. The molecule has 1 fully saturated rings. The highest BCUT2D eigenvalue weighted by Gasteiger charge is 2.32. The maximum absolute atomic E-state index is 2.79. The molecule has 0 aromatic rings. The van der Waals surface area contributed by atoms with E-state index in [9.17, 15) is 0 Å². The van der Waals surface area contributed by atoms with E-state index in [1.807, 2.05) is 0 Å². The fraction of sp³-hybridized carbons (Fsp3) is 0.895. The van der Waals surface area contributed by atoms with Gasteiger partial charge in [0.25, 0.3) is 0 Å². The van der Waals surface area contributed by atoms with Crippen LogP contribution in [0.25, 0.3) is 0 Å². The van der Waals surface area contributed by atoms with Crippen molar-refractivity contribution in [1.29, 1.82) is 0 Å². The number of alkyl halides is 1. The zero-order valence-electron chi connectivity index (χ0n) is 13.7. The summed E-state index contributed by atoms with van der Waals surface area (Å²) in [5.41, 5.74) is 0. The minimum atomic E-state index is 0.908. The lowest BCUT2D eigenvalue weighted by Crippen LogP contribution is -2.30. The van der Waals surface area contributed by atoms with Gasteiger partial charge in [-0.3, -0.25) is 0 Å². The minimum absolute atomic E-state index is 0.908. The second-order valence-electron chi connectivity index (χ2n) is 7.53. The van der Waals surface area contributed by atoms with E-state index in [0.29, 0.717) is 0 Å². The van der Waals surface area contributed by atoms with Gasteiger partial charge >= 0.3 is 0 Å². The molecule has 116 valence electrons. The SMILES string of the molecule is CCCC1CCC(C(I)CC2CC=CC[C@@H]2C)CC1C. The quantitative estimate of drug-likeness (QED) is 0.282. The fourth-order valence-electron chi connectivity index (χ4n) is 4.45. The molecule has 2 aliphatic rings. The lowest BCUT2D eigenvalue weighted by molar-refractivity contribution is 0.173. The Kier molecular flexibility index (Phi) is 6.90. The van der Waals surface area contributed by atoms with Crippen LogP contribution in [-0.4, -0.2) is 3.92 Å². The third-order valence-electron chi connectivity index (χ3n) is 6.00. The second-order valence-corrected chi connectivity index (χ2v) is 9.13. The second kappa shape index (κ2) is 8.19. The topological polar surface area (TPSA) is 0 Å². The van der Waals surface area contributed by atoms with Crippen LogP contribution < -0.4 is 0 Å². The molecular formula is C19H33I. The predicted molar refractivity (Wildman–Crippen MR) is 98.4 cm³/mol. The standard InChI is InChI=1S/C19H33I/c1-4-7-16-10-11-18(12-15(16)3)19(20)13-17-9-6-5-8-14(17)2/h5-6,14-19H,4,7-13H2,1-3H3/t14-,15?,16?,17?,18?,19?/m0/s1. The third-order valence-corrected chi connectivity index (χ3v) is 7.53. The van der Waals surface area contributed by atoms with Crippen molar-refractivity contribution in [2.75, 3.05) is 0 Å². The van der Waals surface area contributed by atoms with E-state index in [4.69, 9.17) is 0 Å². The molecule has 5 unspecified atom stereocenters. The van der Waals surface area contributed by atoms with Crippen LogP contribution in [0.3, 0.4) is 0 Å². The average Bonchev–Trinajstić information content (AvgIpc) is 2.43. The molecule has 20 heavy (non-hydrogen) atoms. The fourth-order valence-corrected chi connectivity index (χ4v) is 5.75. The number of halogens is 1. The normalized spacial score (nSPS) is 39.7. The minimum Gasteiger partial charge on any atom is -0.0883 e. The highest BCUT2D eigenvalue weighted by molar-refractivity contribution is 14.1. The molecule has 0 amide bonds. The molecule has 1 saturated carbocycles. The highest BCUT2D eigenvalue weighted by Crippen LogP contribution is 2.42. The van der Waals surface area contributed by atoms with E-state index in [1.165, 1.54) is 51.4 Å². The molecule has 0 bridgehead atoms. The molecule has 2 rings (SSSR count). The van der Waals surface area contributed by atoms with Gasteiger partial charge in [-0.05, 0) is 68.1 Å². The van der Waals surface area contributed by atoms with Gasteiger partial charge in [0.1, 0.15) is 0 Å². The molecule has 0 spiro atoms. The van der Waals surface area contributed by atoms with Gasteiger partial charge in [-0.15, -0.1) is 0 Å². The van der Waals surface area contributed by atoms with Gasteiger partial charge < -0.3 is 0 Å². The van der Waals surface area contributed by atoms with Crippen LogP contribution in [0.15, 0.2) is 12.2 Å². The van der Waals surface area contributed by atoms with Crippen LogP contribution in [0.2, 0.25) is 0 Å². The summed E-state index contributed by atoms with van der Waals surface area (Å²) in [6.45, 7) is 7.32. The predicted octanol–water partition coefficient (Wildman–Crippen LogP) is 6.63. The van der Waals surface area contributed by atoms with Gasteiger partial charge in [0, 0.05) is 3.92 Å². The van der Waals surface area contributed by atoms with Gasteiger partial charge in [-0.2, -0.15) is 0 Å². The van der Waals surface area contributed by atoms with E-state index >= 15 is 0 Å². The summed E-state index contributed by atoms with van der Waals surface area (Å²) in [5.74, 6) is 4.85. The van der Waals surface area contributed by atoms with E-state index < -0.39 is 0 Å². The van der Waals surface area contributed by atoms with Crippen LogP contribution in [-0.2, 0) is 0 Å². The van der Waals surface area contributed by atoms with Crippen LogP contribution in [0.5, 0.6) is 0 Å². The maximum atomic E-state index is 2.79. The summed E-state index contributed by atoms with van der Waals surface area (Å²) >= 11 is 2.79. The Bertz CT molecular complexity index is 309. The van der Waals surface area contributed by atoms with Gasteiger partial charge in [-0.25, -0.2) is 0 Å². The van der Waals surface area contributed by atoms with Crippen LogP contribution in [0, 0.1) is 29.6 Å². The smallest absolute Gasteiger partial charge is 0.0141 e. The van der Waals surface area contributed by atoms with Crippen molar-refractivity contribution in [3.05, 3.63) is 12.2 Å². The van der Waals surface area contributed by atoms with E-state index in [-0.39, 0.29) is 0 Å². The molecule has 2 aliphatic carbocycles. The third kappa shape index (κ3) is 4.48. The first-order valence-electron chi connectivity index (χ1n) is 8.90. The Labute approximate surface area is 140 Å². The number of hydrogen-bond acceptors (Lipinski definition) is 0. The summed E-state index contributed by atoms with van der Waals surface area (Å²) in [4.78, 5) is 0. The number of hydrogen-bond donors (Lipinski definition) is 0. The monoisotopic (exact) mass is 388 g/mol. The van der Waals surface area contributed by atoms with Crippen LogP contribution >= 0.6 is 22.6 Å². The lowest BCUT2D eigenvalue weighted by Gasteiger charge is -2.38. The van der Waals surface area contributed by atoms with Crippen molar-refractivity contribution >= 4 is 22.6 Å². The summed E-state index contributed by atoms with van der Waals surface area (Å²) in [7, 11) is 0. The lowest BCUT2D eigenvalue weighted by atomic mass is 9.70. The largest absolute Gasteiger partial charge is 0.0883 e. The first-order valence-corrected chi connectivity index (χ1v) is 10.1. The molecule has 1 heteroatoms. The molecular weight excluding hydrogens is 355 g/mol. The van der Waals surface area contributed by atoms with Crippen LogP contribution in [0.4, 0.5) is 0 Å². The van der Waals surface area contributed by atoms with E-state index in [1.54, 1.807) is 0 Å². The molecule has 0 aliphatic heterocycles. The van der Waals surface area contributed by atoms with Gasteiger partial charge in [-0.1, -0.05) is 68.4 Å². The zero-order chi connectivity index (χ0) is 14.5. The summed E-state index contributed by atoms with van der Waals surface area (Å²) in [6, 6.07) is 0. The Morgan fingerprint density at radius 2 is 1.80 bits per heavy atom. The average molecular weight is 388 g/mol. The van der Waals surface area contributed by atoms with Crippen molar-refractivity contribution < 1.29 is 0 Å². The van der Waals surface area contributed by atoms with Crippen LogP contribution in [0.1, 0.15) is 72.1 Å². The molecule has 0 radical (unpaired) electrons. The van der Waals surface area contributed by atoms with Gasteiger partial charge in [0.05, 0.1) is 0 Å². The summed E-state index contributed by atoms with van der Waals surface area (Å²) < 4.78 is 0.913. The number of rotatable bonds is 5. The summed E-state index contributed by atoms with van der Waals surface area (Å²) in [5, 5.41) is 0. The molecule has 0 nitrogen and oxygen atoms in total. The van der Waals surface area contributed by atoms with Gasteiger partial charge in [0.15, 0.2) is 0 Å². The van der Waals surface area contributed by atoms with Crippen molar-refractivity contribution in [3.63, 3.8) is 0 Å². The maximum Gasteiger partial charge on any atom is 0.0141 e. The van der Waals surface area contributed by atoms with Crippen molar-refractivity contribution in [3.8, 4) is 0 Å². The van der Waals surface area contributed by atoms with Gasteiger partial charge in [0.2, 0.25) is 0 Å². The first-order chi connectivity index (χ1) is 9.61. The molecule has 0 heterocycles. The first kappa shape index (κ1) is 16.8. The molecule has 0 aromatic heterocycles. The molecule has 0 aromatic carbocycles. The van der Waals surface area contributed by atoms with E-state index in [0.717, 1.165) is 33.5 Å². The van der Waals surface area contributed by atoms with Crippen molar-refractivity contribution in [1.82, 2.24) is 0 Å². The zero-order valence-corrected chi connectivity index (χ0v) is 15.8. The van der Waals surface area contributed by atoms with Crippen molar-refractivity contribution in [2.24, 2.45) is 29.6 Å². The number of allylic oxidation sites excluding steroid dienone is 2. The van der Waals surface area contributed by atoms with Crippen molar-refractivity contribution in [2.45, 2.75) is 76.1 Å². The van der Waals surface area contributed by atoms with E-state index in [2.05, 4.69) is 55.5 Å². The highest BCUT2D eigenvalue weighted by atomic mass is 127. The Hall–Kier alpha value is 0.470. The Morgan fingerprint density at radius 1 is 1.05 bits per heavy atom. The molecule has 6 atom stereocenters.